The van der Waals surface area contributed by atoms with Crippen LogP contribution in [-0.4, -0.2) is 42.7 Å². The number of amides is 1. The van der Waals surface area contributed by atoms with Crippen LogP contribution in [0.1, 0.15) is 28.8 Å². The lowest BCUT2D eigenvalue weighted by Gasteiger charge is -2.31. The molecule has 1 aromatic carbocycles. The monoisotopic (exact) mass is 263 g/mol. The molecule has 0 aromatic heterocycles. The van der Waals surface area contributed by atoms with Gasteiger partial charge in [-0.05, 0) is 36.5 Å². The van der Waals surface area contributed by atoms with Crippen molar-refractivity contribution >= 4 is 5.91 Å². The number of methoxy groups -OCH3 is 1. The van der Waals surface area contributed by atoms with E-state index in [1.54, 1.807) is 7.11 Å². The zero-order chi connectivity index (χ0) is 13.7. The third kappa shape index (κ3) is 3.55. The summed E-state index contributed by atoms with van der Waals surface area (Å²) in [5.41, 5.74) is 1.79. The largest absolute Gasteiger partial charge is 0.396 e. The summed E-state index contributed by atoms with van der Waals surface area (Å²) in [6.07, 6.45) is 1.79. The van der Waals surface area contributed by atoms with Crippen LogP contribution in [-0.2, 0) is 11.3 Å². The Hall–Kier alpha value is -1.39. The quantitative estimate of drug-likeness (QED) is 0.899. The van der Waals surface area contributed by atoms with Gasteiger partial charge in [-0.3, -0.25) is 4.79 Å². The molecule has 1 fully saturated rings. The van der Waals surface area contributed by atoms with Crippen LogP contribution in [0.2, 0.25) is 0 Å². The first-order valence-electron chi connectivity index (χ1n) is 6.72. The van der Waals surface area contributed by atoms with E-state index >= 15 is 0 Å². The number of benzene rings is 1. The molecule has 1 aromatic rings. The minimum Gasteiger partial charge on any atom is -0.396 e. The smallest absolute Gasteiger partial charge is 0.253 e. The van der Waals surface area contributed by atoms with E-state index in [9.17, 15) is 4.79 Å². The maximum absolute atomic E-state index is 12.3. The molecule has 0 spiro atoms. The van der Waals surface area contributed by atoms with Crippen LogP contribution < -0.4 is 0 Å². The summed E-state index contributed by atoms with van der Waals surface area (Å²) in [6.45, 7) is 2.28. The van der Waals surface area contributed by atoms with Crippen molar-refractivity contribution < 1.29 is 14.6 Å². The zero-order valence-corrected chi connectivity index (χ0v) is 11.3. The molecule has 1 amide bonds. The first-order valence-corrected chi connectivity index (χ1v) is 6.72. The van der Waals surface area contributed by atoms with Gasteiger partial charge in [0.15, 0.2) is 0 Å². The van der Waals surface area contributed by atoms with Gasteiger partial charge in [0.05, 0.1) is 6.61 Å². The Morgan fingerprint density at radius 3 is 2.47 bits per heavy atom. The van der Waals surface area contributed by atoms with Crippen molar-refractivity contribution in [2.75, 3.05) is 26.8 Å². The lowest BCUT2D eigenvalue weighted by molar-refractivity contribution is 0.0651. The van der Waals surface area contributed by atoms with Crippen molar-refractivity contribution in [1.29, 1.82) is 0 Å². The van der Waals surface area contributed by atoms with Gasteiger partial charge in [0.25, 0.3) is 5.91 Å². The van der Waals surface area contributed by atoms with Gasteiger partial charge in [0, 0.05) is 32.4 Å². The lowest BCUT2D eigenvalue weighted by Crippen LogP contribution is -2.39. The second kappa shape index (κ2) is 6.68. The third-order valence-electron chi connectivity index (χ3n) is 3.67. The number of piperidine rings is 1. The Bertz CT molecular complexity index is 408. The highest BCUT2D eigenvalue weighted by Gasteiger charge is 2.22. The molecule has 1 aliphatic rings. The average Bonchev–Trinajstić information content (AvgIpc) is 2.48. The number of carbonyl (C=O) groups excluding carboxylic acids is 1. The topological polar surface area (TPSA) is 49.8 Å². The van der Waals surface area contributed by atoms with Crippen LogP contribution >= 0.6 is 0 Å². The van der Waals surface area contributed by atoms with Crippen molar-refractivity contribution in [3.05, 3.63) is 35.4 Å². The number of rotatable bonds is 4. The Morgan fingerprint density at radius 1 is 1.32 bits per heavy atom. The first kappa shape index (κ1) is 14.0. The molecule has 1 heterocycles. The number of aliphatic hydroxyl groups excluding tert-OH is 1. The molecule has 0 atom stereocenters. The Kier molecular flexibility index (Phi) is 4.93. The van der Waals surface area contributed by atoms with Crippen LogP contribution in [0.15, 0.2) is 24.3 Å². The SMILES string of the molecule is COCc1ccc(C(=O)N2CCC(CO)CC2)cc1. The maximum atomic E-state index is 12.3. The van der Waals surface area contributed by atoms with Crippen molar-refractivity contribution in [2.24, 2.45) is 5.92 Å². The summed E-state index contributed by atoms with van der Waals surface area (Å²) >= 11 is 0. The number of carbonyl (C=O) groups is 1. The number of hydrogen-bond acceptors (Lipinski definition) is 3. The van der Waals surface area contributed by atoms with Crippen molar-refractivity contribution in [3.63, 3.8) is 0 Å². The minimum absolute atomic E-state index is 0.0837. The number of nitrogens with zero attached hydrogens (tertiary/aromatic N) is 1. The fraction of sp³-hybridized carbons (Fsp3) is 0.533. The standard InChI is InChI=1S/C15H21NO3/c1-19-11-13-2-4-14(5-3-13)15(18)16-8-6-12(10-17)7-9-16/h2-5,12,17H,6-11H2,1H3. The van der Waals surface area contributed by atoms with Crippen LogP contribution in [0.25, 0.3) is 0 Å². The summed E-state index contributed by atoms with van der Waals surface area (Å²) in [5.74, 6) is 0.438. The van der Waals surface area contributed by atoms with Gasteiger partial charge in [-0.2, -0.15) is 0 Å². The number of aliphatic hydroxyl groups is 1. The Balaban J connectivity index is 1.96. The molecular weight excluding hydrogens is 242 g/mol. The van der Waals surface area contributed by atoms with Gasteiger partial charge in [-0.25, -0.2) is 0 Å². The van der Waals surface area contributed by atoms with E-state index in [-0.39, 0.29) is 12.5 Å². The van der Waals surface area contributed by atoms with E-state index in [4.69, 9.17) is 9.84 Å². The van der Waals surface area contributed by atoms with Gasteiger partial charge in [-0.1, -0.05) is 12.1 Å². The molecule has 0 saturated carbocycles. The molecule has 1 aliphatic heterocycles. The number of ether oxygens (including phenoxy) is 1. The van der Waals surface area contributed by atoms with Crippen LogP contribution in [0.5, 0.6) is 0 Å². The zero-order valence-electron chi connectivity index (χ0n) is 11.3. The van der Waals surface area contributed by atoms with E-state index in [0.717, 1.165) is 37.1 Å². The van der Waals surface area contributed by atoms with Crippen LogP contribution in [0, 0.1) is 5.92 Å². The molecule has 0 aliphatic carbocycles. The van der Waals surface area contributed by atoms with Crippen molar-refractivity contribution in [1.82, 2.24) is 4.90 Å². The molecule has 104 valence electrons. The summed E-state index contributed by atoms with van der Waals surface area (Å²) in [7, 11) is 1.66. The molecule has 4 heteroatoms. The molecule has 2 rings (SSSR count). The van der Waals surface area contributed by atoms with Gasteiger partial charge in [0.1, 0.15) is 0 Å². The molecule has 4 nitrogen and oxygen atoms in total. The molecule has 1 saturated heterocycles. The van der Waals surface area contributed by atoms with Gasteiger partial charge < -0.3 is 14.7 Å². The van der Waals surface area contributed by atoms with Crippen molar-refractivity contribution in [2.45, 2.75) is 19.4 Å². The summed E-state index contributed by atoms with van der Waals surface area (Å²) < 4.78 is 5.05. The Labute approximate surface area is 114 Å². The third-order valence-corrected chi connectivity index (χ3v) is 3.67. The minimum atomic E-state index is 0.0837. The van der Waals surface area contributed by atoms with Crippen molar-refractivity contribution in [3.8, 4) is 0 Å². The molecule has 0 bridgehead atoms. The lowest BCUT2D eigenvalue weighted by atomic mass is 9.97. The molecular formula is C15H21NO3. The van der Waals surface area contributed by atoms with Gasteiger partial charge >= 0.3 is 0 Å². The predicted molar refractivity (Wildman–Crippen MR) is 72.9 cm³/mol. The van der Waals surface area contributed by atoms with E-state index in [0.29, 0.717) is 12.5 Å². The number of hydrogen-bond donors (Lipinski definition) is 1. The highest BCUT2D eigenvalue weighted by atomic mass is 16.5. The van der Waals surface area contributed by atoms with E-state index in [2.05, 4.69) is 0 Å². The summed E-state index contributed by atoms with van der Waals surface area (Å²) in [4.78, 5) is 14.2. The molecule has 0 radical (unpaired) electrons. The molecule has 1 N–H and O–H groups in total. The van der Waals surface area contributed by atoms with E-state index in [1.807, 2.05) is 29.2 Å². The van der Waals surface area contributed by atoms with E-state index < -0.39 is 0 Å². The second-order valence-corrected chi connectivity index (χ2v) is 5.05. The first-order chi connectivity index (χ1) is 9.24. The van der Waals surface area contributed by atoms with Gasteiger partial charge in [-0.15, -0.1) is 0 Å². The van der Waals surface area contributed by atoms with E-state index in [1.165, 1.54) is 0 Å². The van der Waals surface area contributed by atoms with Gasteiger partial charge in [0.2, 0.25) is 0 Å². The molecule has 19 heavy (non-hydrogen) atoms. The molecule has 0 unspecified atom stereocenters. The average molecular weight is 263 g/mol. The Morgan fingerprint density at radius 2 is 1.95 bits per heavy atom. The summed E-state index contributed by atoms with van der Waals surface area (Å²) in [5, 5.41) is 9.10. The fourth-order valence-electron chi connectivity index (χ4n) is 2.41. The predicted octanol–water partition coefficient (Wildman–Crippen LogP) is 1.68. The number of likely N-dealkylation sites (tertiary alicyclic amines) is 1. The van der Waals surface area contributed by atoms with Crippen LogP contribution in [0.3, 0.4) is 0 Å². The maximum Gasteiger partial charge on any atom is 0.253 e. The fourth-order valence-corrected chi connectivity index (χ4v) is 2.41. The summed E-state index contributed by atoms with van der Waals surface area (Å²) in [6, 6.07) is 7.57. The highest BCUT2D eigenvalue weighted by Crippen LogP contribution is 2.18. The normalized spacial score (nSPS) is 16.6. The van der Waals surface area contributed by atoms with Crippen LogP contribution in [0.4, 0.5) is 0 Å². The second-order valence-electron chi connectivity index (χ2n) is 5.05. The highest BCUT2D eigenvalue weighted by molar-refractivity contribution is 5.94.